The summed E-state index contributed by atoms with van der Waals surface area (Å²) in [6.45, 7) is 7.04. The van der Waals surface area contributed by atoms with Crippen LogP contribution in [0, 0.1) is 31.9 Å². The molecule has 1 N–H and O–H groups in total. The average molecular weight is 595 g/mol. The van der Waals surface area contributed by atoms with Gasteiger partial charge in [0.15, 0.2) is 0 Å². The molecular formula is C34H32N3O7-. The van der Waals surface area contributed by atoms with E-state index in [1.165, 1.54) is 6.07 Å². The van der Waals surface area contributed by atoms with Crippen LogP contribution in [0.25, 0.3) is 33.1 Å². The van der Waals surface area contributed by atoms with Crippen molar-refractivity contribution in [3.05, 3.63) is 103 Å². The Kier molecular flexibility index (Phi) is 6.71. The van der Waals surface area contributed by atoms with Gasteiger partial charge in [-0.1, -0.05) is 30.3 Å². The van der Waals surface area contributed by atoms with E-state index in [0.29, 0.717) is 36.4 Å². The highest BCUT2D eigenvalue weighted by atomic mass is 16.8. The number of pyridine rings is 1. The molecule has 2 bridgehead atoms. The largest absolute Gasteiger partial charge is 0.733 e. The third-order valence-corrected chi connectivity index (χ3v) is 9.43. The molecule has 2 aromatic carbocycles. The van der Waals surface area contributed by atoms with Crippen molar-refractivity contribution in [2.75, 3.05) is 18.3 Å². The Morgan fingerprint density at radius 2 is 1.73 bits per heavy atom. The quantitative estimate of drug-likeness (QED) is 0.207. The van der Waals surface area contributed by atoms with Gasteiger partial charge in [0.2, 0.25) is 5.91 Å². The number of carbonyl (C=O) groups is 1. The lowest BCUT2D eigenvalue weighted by atomic mass is 9.83. The number of benzene rings is 2. The second-order valence-corrected chi connectivity index (χ2v) is 12.1. The van der Waals surface area contributed by atoms with E-state index in [4.69, 9.17) is 8.83 Å². The Bertz CT molecular complexity index is 2070. The van der Waals surface area contributed by atoms with Crippen molar-refractivity contribution in [1.82, 2.24) is 9.47 Å². The van der Waals surface area contributed by atoms with Gasteiger partial charge in [0.05, 0.1) is 0 Å². The molecule has 44 heavy (non-hydrogen) atoms. The van der Waals surface area contributed by atoms with E-state index in [0.717, 1.165) is 50.9 Å². The number of hydrogen-bond donors (Lipinski definition) is 1. The molecule has 2 aliphatic rings. The number of carbonyl (C=O) groups excluding carboxylic acids is 1. The fraction of sp³-hybridized carbons (Fsp3) is 0.324. The van der Waals surface area contributed by atoms with E-state index in [1.807, 2.05) is 62.1 Å². The number of anilines is 1. The topological polar surface area (TPSA) is 132 Å². The van der Waals surface area contributed by atoms with Gasteiger partial charge in [0.1, 0.15) is 22.6 Å². The number of hydrogen-bond acceptors (Lipinski definition) is 8. The SMILES string of the molecule is Cc1oc2c(C)c3oc(=O)c(CCC(=O)N4CC5C[C@@H](C4)Cn4c5ccc(N([O-])O)c4=O)c(C)c3cc2c1-c1ccccc1. The van der Waals surface area contributed by atoms with Crippen molar-refractivity contribution < 1.29 is 18.8 Å². The Hall–Kier alpha value is -4.67. The second-order valence-electron chi connectivity index (χ2n) is 12.1. The maximum Gasteiger partial charge on any atom is 0.339 e. The molecule has 0 spiro atoms. The van der Waals surface area contributed by atoms with Crippen molar-refractivity contribution in [2.24, 2.45) is 5.92 Å². The van der Waals surface area contributed by atoms with Gasteiger partial charge in [0.25, 0.3) is 5.56 Å². The summed E-state index contributed by atoms with van der Waals surface area (Å²) in [5.41, 5.74) is 4.74. The summed E-state index contributed by atoms with van der Waals surface area (Å²) in [6.07, 6.45) is 1.23. The molecule has 5 heterocycles. The van der Waals surface area contributed by atoms with Gasteiger partial charge >= 0.3 is 5.63 Å². The van der Waals surface area contributed by atoms with Gasteiger partial charge in [-0.3, -0.25) is 14.8 Å². The van der Waals surface area contributed by atoms with Crippen LogP contribution in [0.1, 0.15) is 46.9 Å². The number of fused-ring (bicyclic) bond motifs is 6. The zero-order chi connectivity index (χ0) is 30.9. The standard InChI is InChI=1S/C34H32N3O7/c1-18-24(9-12-29(38)35-15-21-13-23(17-35)27-10-11-28(37(41)42)33(39)36(27)16-21)34(40)44-31-19(2)32-26(14-25(18)31)30(20(3)43-32)22-7-5-4-6-8-22/h4-8,10-11,14,21,23,41H,9,12-13,15-17H2,1-3H3/q-1/t21-,23?/m0/s1. The fourth-order valence-corrected chi connectivity index (χ4v) is 7.30. The van der Waals surface area contributed by atoms with E-state index >= 15 is 0 Å². The van der Waals surface area contributed by atoms with Gasteiger partial charge in [-0.05, 0) is 68.9 Å². The van der Waals surface area contributed by atoms with Crippen LogP contribution in [0.2, 0.25) is 0 Å². The van der Waals surface area contributed by atoms with Gasteiger partial charge in [-0.25, -0.2) is 4.79 Å². The molecule has 0 aliphatic carbocycles. The zero-order valence-corrected chi connectivity index (χ0v) is 24.8. The number of nitrogens with zero attached hydrogens (tertiary/aromatic N) is 3. The van der Waals surface area contributed by atoms with Crippen molar-refractivity contribution in [3.63, 3.8) is 0 Å². The Morgan fingerprint density at radius 3 is 2.48 bits per heavy atom. The normalized spacial score (nSPS) is 17.7. The molecule has 2 atom stereocenters. The van der Waals surface area contributed by atoms with Crippen LogP contribution >= 0.6 is 0 Å². The first-order valence-electron chi connectivity index (χ1n) is 14.8. The minimum absolute atomic E-state index is 0.0482. The maximum atomic E-state index is 13.5. The third-order valence-electron chi connectivity index (χ3n) is 9.43. The van der Waals surface area contributed by atoms with Crippen LogP contribution in [0.4, 0.5) is 5.69 Å². The fourth-order valence-electron chi connectivity index (χ4n) is 7.30. The molecular weight excluding hydrogens is 562 g/mol. The molecule has 0 saturated carbocycles. The molecule has 1 amide bonds. The molecule has 5 aromatic rings. The van der Waals surface area contributed by atoms with Gasteiger partial charge in [0, 0.05) is 65.1 Å². The van der Waals surface area contributed by atoms with Crippen LogP contribution in [0.15, 0.2) is 67.0 Å². The molecule has 1 saturated heterocycles. The Labute approximate surface area is 252 Å². The molecule has 1 unspecified atom stereocenters. The maximum absolute atomic E-state index is 13.5. The van der Waals surface area contributed by atoms with E-state index in [1.54, 1.807) is 10.6 Å². The van der Waals surface area contributed by atoms with E-state index in [-0.39, 0.29) is 36.3 Å². The van der Waals surface area contributed by atoms with Crippen LogP contribution in [-0.4, -0.2) is 33.7 Å². The minimum atomic E-state index is -0.526. The lowest BCUT2D eigenvalue weighted by Crippen LogP contribution is -2.49. The third kappa shape index (κ3) is 4.44. The van der Waals surface area contributed by atoms with E-state index in [9.17, 15) is 24.8 Å². The van der Waals surface area contributed by atoms with Crippen LogP contribution < -0.4 is 16.4 Å². The summed E-state index contributed by atoms with van der Waals surface area (Å²) >= 11 is 0. The smallest absolute Gasteiger partial charge is 0.339 e. The van der Waals surface area contributed by atoms with Gasteiger partial charge in [-0.2, -0.15) is 0 Å². The summed E-state index contributed by atoms with van der Waals surface area (Å²) in [5, 5.41) is 22.0. The summed E-state index contributed by atoms with van der Waals surface area (Å²) in [5.74, 6) is 0.722. The highest BCUT2D eigenvalue weighted by molar-refractivity contribution is 6.05. The zero-order valence-electron chi connectivity index (χ0n) is 24.8. The van der Waals surface area contributed by atoms with Gasteiger partial charge < -0.3 is 28.7 Å². The predicted octanol–water partition coefficient (Wildman–Crippen LogP) is 5.57. The Morgan fingerprint density at radius 1 is 0.977 bits per heavy atom. The van der Waals surface area contributed by atoms with Crippen molar-refractivity contribution >= 4 is 33.5 Å². The molecule has 3 aromatic heterocycles. The van der Waals surface area contributed by atoms with Crippen molar-refractivity contribution in [3.8, 4) is 11.1 Å². The van der Waals surface area contributed by atoms with E-state index < -0.39 is 16.4 Å². The van der Waals surface area contributed by atoms with Crippen molar-refractivity contribution in [1.29, 1.82) is 0 Å². The predicted molar refractivity (Wildman–Crippen MR) is 166 cm³/mol. The van der Waals surface area contributed by atoms with Crippen LogP contribution in [-0.2, 0) is 17.8 Å². The van der Waals surface area contributed by atoms with Crippen molar-refractivity contribution in [2.45, 2.75) is 52.5 Å². The lowest BCUT2D eigenvalue weighted by Gasteiger charge is -2.43. The number of likely N-dealkylation sites (tertiary alicyclic amines) is 1. The number of aromatic nitrogens is 1. The van der Waals surface area contributed by atoms with E-state index in [2.05, 4.69) is 0 Å². The molecule has 10 heteroatoms. The number of amides is 1. The summed E-state index contributed by atoms with van der Waals surface area (Å²) in [7, 11) is 0. The lowest BCUT2D eigenvalue weighted by molar-refractivity contribution is -0.133. The minimum Gasteiger partial charge on any atom is -0.733 e. The summed E-state index contributed by atoms with van der Waals surface area (Å²) in [4.78, 5) is 41.3. The first kappa shape index (κ1) is 28.1. The monoisotopic (exact) mass is 594 g/mol. The molecule has 0 radical (unpaired) electrons. The highest BCUT2D eigenvalue weighted by Gasteiger charge is 2.36. The second kappa shape index (κ2) is 10.5. The molecule has 1 fully saturated rings. The molecule has 7 rings (SSSR count). The number of rotatable bonds is 5. The number of furan rings is 1. The molecule has 226 valence electrons. The van der Waals surface area contributed by atoms with Crippen LogP contribution in [0.5, 0.6) is 0 Å². The molecule has 2 aliphatic heterocycles. The first-order valence-corrected chi connectivity index (χ1v) is 14.8. The number of piperidine rings is 1. The Balaban J connectivity index is 1.16. The number of aryl methyl sites for hydroxylation is 3. The summed E-state index contributed by atoms with van der Waals surface area (Å²) < 4.78 is 13.6. The average Bonchev–Trinajstić information content (AvgIpc) is 3.34. The first-order chi connectivity index (χ1) is 21.1. The van der Waals surface area contributed by atoms with Gasteiger partial charge in [-0.15, -0.1) is 0 Å². The van der Waals surface area contributed by atoms with Crippen LogP contribution in [0.3, 0.4) is 0 Å². The summed E-state index contributed by atoms with van der Waals surface area (Å²) in [6, 6.07) is 15.1. The highest BCUT2D eigenvalue weighted by Crippen LogP contribution is 2.40. The molecule has 10 nitrogen and oxygen atoms in total.